The Bertz CT molecular complexity index is 8880. The minimum atomic E-state index is 0.939. The summed E-state index contributed by atoms with van der Waals surface area (Å²) in [6, 6.07) is 199. The molecule has 23 aromatic carbocycles. The third-order valence-electron chi connectivity index (χ3n) is 27.5. The lowest BCUT2D eigenvalue weighted by Gasteiger charge is -2.26. The molecule has 0 aliphatic carbocycles. The number of rotatable bonds is 18. The van der Waals surface area contributed by atoms with Crippen molar-refractivity contribution in [3.63, 3.8) is 0 Å². The van der Waals surface area contributed by atoms with Crippen LogP contribution in [0.4, 0.5) is 51.2 Å². The van der Waals surface area contributed by atoms with E-state index in [1.165, 1.54) is 164 Å². The second-order valence-corrected chi connectivity index (χ2v) is 35.7. The summed E-state index contributed by atoms with van der Waals surface area (Å²) in [7, 11) is 0. The molecule has 0 fully saturated rings. The molecule has 0 unspecified atom stereocenters. The summed E-state index contributed by atoms with van der Waals surface area (Å²) < 4.78 is 7.22. The normalized spacial score (nSPS) is 11.3. The van der Waals surface area contributed by atoms with Crippen LogP contribution < -0.4 is 14.7 Å². The van der Waals surface area contributed by atoms with E-state index in [1.54, 1.807) is 0 Å². The highest BCUT2D eigenvalue weighted by Gasteiger charge is 2.24. The van der Waals surface area contributed by atoms with Crippen molar-refractivity contribution in [3.05, 3.63) is 552 Å². The average molecular weight is 1790 g/mol. The molecule has 0 radical (unpaired) electrons. The fraction of sp³-hybridized carbons (Fsp3) is 0.0149. The molecule has 0 saturated heterocycles. The van der Waals surface area contributed by atoms with Crippen molar-refractivity contribution in [2.45, 2.75) is 13.5 Å². The maximum atomic E-state index is 2.42. The van der Waals surface area contributed by atoms with E-state index in [0.29, 0.717) is 0 Å². The van der Waals surface area contributed by atoms with Gasteiger partial charge < -0.3 is 28.4 Å². The van der Waals surface area contributed by atoms with E-state index in [-0.39, 0.29) is 0 Å². The van der Waals surface area contributed by atoms with Crippen LogP contribution in [0.1, 0.15) is 6.92 Å². The minimum absolute atomic E-state index is 0.939. The van der Waals surface area contributed by atoms with E-state index in [4.69, 9.17) is 0 Å². The maximum absolute atomic E-state index is 2.42. The van der Waals surface area contributed by atoms with E-state index in [1.807, 2.05) is 0 Å². The zero-order valence-corrected chi connectivity index (χ0v) is 77.4. The first kappa shape index (κ1) is 84.6. The van der Waals surface area contributed by atoms with Crippen LogP contribution in [-0.2, 0) is 6.54 Å². The second kappa shape index (κ2) is 37.5. The summed E-state index contributed by atoms with van der Waals surface area (Å²) in [6.07, 6.45) is 0. The number of nitrogens with zero attached hydrogens (tertiary/aromatic N) is 6. The van der Waals surface area contributed by atoms with Gasteiger partial charge in [0.1, 0.15) is 0 Å². The van der Waals surface area contributed by atoms with Gasteiger partial charge in [-0.2, -0.15) is 0 Å². The summed E-state index contributed by atoms with van der Waals surface area (Å²) in [6.45, 7) is 3.16. The fourth-order valence-corrected chi connectivity index (χ4v) is 20.9. The van der Waals surface area contributed by atoms with Gasteiger partial charge in [0.25, 0.3) is 0 Å². The van der Waals surface area contributed by atoms with Gasteiger partial charge in [-0.05, 0) is 282 Å². The lowest BCUT2D eigenvalue weighted by molar-refractivity contribution is 0.827. The third kappa shape index (κ3) is 16.2. The van der Waals surface area contributed by atoms with Crippen LogP contribution in [0.25, 0.3) is 176 Å². The number of fused-ring (bicyclic) bond motifs is 13. The van der Waals surface area contributed by atoms with E-state index in [2.05, 4.69) is 587 Å². The number of benzene rings is 23. The topological polar surface area (TPSA) is 24.5 Å². The molecule has 3 heterocycles. The maximum Gasteiger partial charge on any atom is 0.0542 e. The van der Waals surface area contributed by atoms with Crippen molar-refractivity contribution < 1.29 is 0 Å². The molecule has 662 valence electrons. The molecule has 0 amide bonds. The Hall–Kier alpha value is -18.4. The van der Waals surface area contributed by atoms with Gasteiger partial charge in [0, 0.05) is 112 Å². The van der Waals surface area contributed by atoms with Crippen molar-refractivity contribution in [1.82, 2.24) is 13.7 Å². The summed E-state index contributed by atoms with van der Waals surface area (Å²) >= 11 is 0. The lowest BCUT2D eigenvalue weighted by Crippen LogP contribution is -2.10. The second-order valence-electron chi connectivity index (χ2n) is 35.7. The van der Waals surface area contributed by atoms with Crippen LogP contribution >= 0.6 is 0 Å². The highest BCUT2D eigenvalue weighted by atomic mass is 15.2. The van der Waals surface area contributed by atoms with Crippen LogP contribution in [0.5, 0.6) is 0 Å². The monoisotopic (exact) mass is 1790 g/mol. The predicted octanol–water partition coefficient (Wildman–Crippen LogP) is 37.3. The number of aryl methyl sites for hydroxylation is 1. The molecule has 0 saturated carbocycles. The first-order valence-corrected chi connectivity index (χ1v) is 48.2. The van der Waals surface area contributed by atoms with Crippen LogP contribution in [0, 0.1) is 0 Å². The quantitative estimate of drug-likeness (QED) is 0.0801. The zero-order chi connectivity index (χ0) is 93.2. The molecule has 26 aromatic rings. The number of para-hydroxylation sites is 5. The SMILES string of the molecule is CCn1c2ccccc2c2cc(N(c3ccc(-c4ccccc4)cc3)c3ccc(-c4ccccc4)cc3)ccc21.c1ccc(-c2ccc(N(c3ccccc3)c3ccc4c(c3)c3ccccc3n4-c3ccc(-c4cccc5ccccc45)cc3)cc2)cc1.c1ccc(-c2ccc(N(c3ccccc3)c3ccc4c(c3)c3ccccc3n4-c3cccc(-c4cc5ccccc5c5ccccc45)c3)cc2)cc1. The standard InChI is InChI=1S/C50H34N2.C46H32N2.C38H30N2/c1-3-14-35(15-4-1)36-26-28-40(29-27-36)51(39-18-5-2-6-19-39)42-30-31-50-48(34-42)46-24-11-12-25-49(46)52(50)41-20-13-17-37(32-41)47-33-38-16-7-8-21-43(38)44-22-9-10-23-45(44)47;1-3-12-33(13-4-1)34-22-26-38(27-23-34)47(37-16-5-2-6-17-37)40-30-31-46-44(32-40)43-19-9-10-21-45(43)48(46)39-28-24-36(25-29-39)42-20-11-15-35-14-7-8-18-41(35)42;1-2-39-37-16-10-9-15-35(37)36-27-34(25-26-38(36)39)40(32-21-17-30(18-22-32)28-11-5-3-6-12-28)33-23-19-31(20-24-33)29-13-7-4-8-14-29/h1-34H;1-32H;3-27H,2H2,1H3. The Morgan fingerprint density at radius 3 is 0.879 bits per heavy atom. The fourth-order valence-electron chi connectivity index (χ4n) is 20.9. The van der Waals surface area contributed by atoms with Crippen molar-refractivity contribution in [3.8, 4) is 78.1 Å². The van der Waals surface area contributed by atoms with Gasteiger partial charge in [-0.25, -0.2) is 0 Å². The molecule has 0 spiro atoms. The van der Waals surface area contributed by atoms with Gasteiger partial charge in [-0.3, -0.25) is 0 Å². The summed E-state index contributed by atoms with van der Waals surface area (Å²) in [4.78, 5) is 7.06. The predicted molar refractivity (Wildman–Crippen MR) is 596 cm³/mol. The molecule has 6 heteroatoms. The van der Waals surface area contributed by atoms with Crippen LogP contribution in [0.15, 0.2) is 552 Å². The Morgan fingerprint density at radius 2 is 0.436 bits per heavy atom. The molecular formula is C134H96N6. The van der Waals surface area contributed by atoms with Crippen molar-refractivity contribution in [2.24, 2.45) is 0 Å². The average Bonchev–Trinajstić information content (AvgIpc) is 1.55. The van der Waals surface area contributed by atoms with E-state index in [0.717, 1.165) is 69.1 Å². The first-order valence-electron chi connectivity index (χ1n) is 48.2. The largest absolute Gasteiger partial charge is 0.341 e. The summed E-state index contributed by atoms with van der Waals surface area (Å²) in [5, 5.41) is 15.1. The number of hydrogen-bond acceptors (Lipinski definition) is 3. The van der Waals surface area contributed by atoms with E-state index in [9.17, 15) is 0 Å². The van der Waals surface area contributed by atoms with E-state index < -0.39 is 0 Å². The van der Waals surface area contributed by atoms with Gasteiger partial charge in [0.15, 0.2) is 0 Å². The molecule has 3 aromatic heterocycles. The molecule has 140 heavy (non-hydrogen) atoms. The number of aromatic nitrogens is 3. The lowest BCUT2D eigenvalue weighted by atomic mass is 9.93. The smallest absolute Gasteiger partial charge is 0.0542 e. The summed E-state index contributed by atoms with van der Waals surface area (Å²) in [5.41, 5.74) is 34.3. The first-order chi connectivity index (χ1) is 69.4. The molecule has 26 rings (SSSR count). The van der Waals surface area contributed by atoms with Gasteiger partial charge in [-0.1, -0.05) is 376 Å². The number of anilines is 9. The van der Waals surface area contributed by atoms with Crippen LogP contribution in [-0.4, -0.2) is 13.7 Å². The van der Waals surface area contributed by atoms with Crippen molar-refractivity contribution in [2.75, 3.05) is 14.7 Å². The third-order valence-corrected chi connectivity index (χ3v) is 27.5. The van der Waals surface area contributed by atoms with Crippen LogP contribution in [0.3, 0.4) is 0 Å². The Kier molecular flexibility index (Phi) is 22.7. The molecule has 6 nitrogen and oxygen atoms in total. The highest BCUT2D eigenvalue weighted by Crippen LogP contribution is 2.47. The molecule has 0 N–H and O–H groups in total. The Morgan fingerprint density at radius 1 is 0.150 bits per heavy atom. The summed E-state index contributed by atoms with van der Waals surface area (Å²) in [5.74, 6) is 0. The highest BCUT2D eigenvalue weighted by molar-refractivity contribution is 6.16. The van der Waals surface area contributed by atoms with Crippen LogP contribution in [0.2, 0.25) is 0 Å². The molecule has 0 aliphatic heterocycles. The molecule has 0 aliphatic rings. The minimum Gasteiger partial charge on any atom is -0.341 e. The number of hydrogen-bond donors (Lipinski definition) is 0. The van der Waals surface area contributed by atoms with Gasteiger partial charge in [-0.15, -0.1) is 0 Å². The molecule has 0 bridgehead atoms. The van der Waals surface area contributed by atoms with Gasteiger partial charge >= 0.3 is 0 Å². The van der Waals surface area contributed by atoms with Gasteiger partial charge in [0.2, 0.25) is 0 Å². The molecule has 0 atom stereocenters. The van der Waals surface area contributed by atoms with Crippen molar-refractivity contribution >= 4 is 149 Å². The Balaban J connectivity index is 0.000000115. The van der Waals surface area contributed by atoms with Crippen molar-refractivity contribution in [1.29, 1.82) is 0 Å². The van der Waals surface area contributed by atoms with Gasteiger partial charge in [0.05, 0.1) is 22.1 Å². The zero-order valence-electron chi connectivity index (χ0n) is 77.4. The molecular weight excluding hydrogens is 1690 g/mol. The van der Waals surface area contributed by atoms with E-state index >= 15 is 0 Å². The Labute approximate surface area is 815 Å².